The highest BCUT2D eigenvalue weighted by Crippen LogP contribution is 2.24. The Morgan fingerprint density at radius 3 is 2.68 bits per heavy atom. The quantitative estimate of drug-likeness (QED) is 0.653. The fraction of sp³-hybridized carbons (Fsp3) is 0.846. The van der Waals surface area contributed by atoms with E-state index in [1.807, 2.05) is 0 Å². The van der Waals surface area contributed by atoms with Gasteiger partial charge in [0.15, 0.2) is 0 Å². The molecule has 0 aromatic rings. The summed E-state index contributed by atoms with van der Waals surface area (Å²) in [5, 5.41) is 14.3. The van der Waals surface area contributed by atoms with Crippen molar-refractivity contribution in [3.05, 3.63) is 0 Å². The minimum atomic E-state index is -0.926. The van der Waals surface area contributed by atoms with Crippen LogP contribution in [0.15, 0.2) is 0 Å². The van der Waals surface area contributed by atoms with Gasteiger partial charge >= 0.3 is 12.0 Å². The number of hydrogen-bond acceptors (Lipinski definition) is 3. The Bertz CT molecular complexity index is 309. The van der Waals surface area contributed by atoms with Crippen molar-refractivity contribution in [1.82, 2.24) is 10.6 Å². The van der Waals surface area contributed by atoms with Gasteiger partial charge in [-0.2, -0.15) is 0 Å². The Kier molecular flexibility index (Phi) is 6.62. The topological polar surface area (TPSA) is 87.7 Å². The Morgan fingerprint density at radius 2 is 2.16 bits per heavy atom. The number of aliphatic carboxylic acids is 1. The number of carboxylic acid groups (broad SMARTS) is 1. The van der Waals surface area contributed by atoms with E-state index < -0.39 is 12.1 Å². The van der Waals surface area contributed by atoms with Crippen LogP contribution in [0.4, 0.5) is 4.79 Å². The number of nitrogens with one attached hydrogen (secondary N) is 2. The highest BCUT2D eigenvalue weighted by Gasteiger charge is 2.25. The molecule has 19 heavy (non-hydrogen) atoms. The third-order valence-electron chi connectivity index (χ3n) is 3.47. The van der Waals surface area contributed by atoms with Crippen LogP contribution in [0, 0.1) is 5.92 Å². The lowest BCUT2D eigenvalue weighted by molar-refractivity contribution is -0.140. The smallest absolute Gasteiger partial charge is 0.315 e. The molecule has 1 saturated carbocycles. The van der Waals surface area contributed by atoms with Gasteiger partial charge in [-0.05, 0) is 25.7 Å². The monoisotopic (exact) mass is 272 g/mol. The molecule has 1 rings (SSSR count). The van der Waals surface area contributed by atoms with Crippen molar-refractivity contribution < 1.29 is 19.4 Å². The molecule has 0 spiro atoms. The number of rotatable bonds is 7. The summed E-state index contributed by atoms with van der Waals surface area (Å²) < 4.78 is 5.27. The normalized spacial score (nSPS) is 23.9. The second kappa shape index (κ2) is 7.99. The average Bonchev–Trinajstić information content (AvgIpc) is 2.72. The molecule has 0 aromatic carbocycles. The summed E-state index contributed by atoms with van der Waals surface area (Å²) in [6.07, 6.45) is 2.72. The summed E-state index contributed by atoms with van der Waals surface area (Å²) in [7, 11) is 0. The molecule has 3 N–H and O–H groups in total. The summed E-state index contributed by atoms with van der Waals surface area (Å²) >= 11 is 0. The molecule has 0 heterocycles. The van der Waals surface area contributed by atoms with Gasteiger partial charge in [-0.25, -0.2) is 4.79 Å². The first-order valence-electron chi connectivity index (χ1n) is 6.90. The predicted molar refractivity (Wildman–Crippen MR) is 71.0 cm³/mol. The maximum absolute atomic E-state index is 11.7. The zero-order valence-corrected chi connectivity index (χ0v) is 11.6. The standard InChI is InChI=1S/C13H24N2O4/c1-3-19-10(7-12(16)17)8-14-13(18)15-11-6-4-5-9(11)2/h9-11H,3-8H2,1-2H3,(H,16,17)(H2,14,15,18). The van der Waals surface area contributed by atoms with E-state index >= 15 is 0 Å². The van der Waals surface area contributed by atoms with Crippen LogP contribution in [0.5, 0.6) is 0 Å². The largest absolute Gasteiger partial charge is 0.481 e. The lowest BCUT2D eigenvalue weighted by atomic mass is 10.1. The van der Waals surface area contributed by atoms with Gasteiger partial charge in [0.25, 0.3) is 0 Å². The molecule has 110 valence electrons. The van der Waals surface area contributed by atoms with E-state index in [-0.39, 0.29) is 25.0 Å². The van der Waals surface area contributed by atoms with Crippen molar-refractivity contribution in [3.8, 4) is 0 Å². The number of amides is 2. The Morgan fingerprint density at radius 1 is 1.42 bits per heavy atom. The van der Waals surface area contributed by atoms with E-state index in [0.717, 1.165) is 19.3 Å². The van der Waals surface area contributed by atoms with Gasteiger partial charge in [0, 0.05) is 19.2 Å². The minimum Gasteiger partial charge on any atom is -0.481 e. The first-order chi connectivity index (χ1) is 9.02. The van der Waals surface area contributed by atoms with Crippen LogP contribution in [-0.4, -0.2) is 42.4 Å². The molecule has 1 aliphatic rings. The third kappa shape index (κ3) is 5.92. The number of urea groups is 1. The number of carboxylic acids is 1. The van der Waals surface area contributed by atoms with E-state index in [9.17, 15) is 9.59 Å². The molecule has 6 heteroatoms. The fourth-order valence-corrected chi connectivity index (χ4v) is 2.41. The molecule has 0 bridgehead atoms. The van der Waals surface area contributed by atoms with Crippen molar-refractivity contribution in [2.45, 2.75) is 51.7 Å². The second-order valence-corrected chi connectivity index (χ2v) is 5.04. The molecule has 6 nitrogen and oxygen atoms in total. The van der Waals surface area contributed by atoms with Crippen LogP contribution in [-0.2, 0) is 9.53 Å². The molecule has 0 saturated heterocycles. The van der Waals surface area contributed by atoms with Gasteiger partial charge in [-0.1, -0.05) is 13.3 Å². The van der Waals surface area contributed by atoms with Crippen molar-refractivity contribution in [1.29, 1.82) is 0 Å². The van der Waals surface area contributed by atoms with Crippen LogP contribution in [0.2, 0.25) is 0 Å². The molecule has 0 aliphatic heterocycles. The molecule has 0 aromatic heterocycles. The van der Waals surface area contributed by atoms with Gasteiger partial charge in [-0.3, -0.25) is 4.79 Å². The first-order valence-corrected chi connectivity index (χ1v) is 6.90. The van der Waals surface area contributed by atoms with Crippen LogP contribution < -0.4 is 10.6 Å². The summed E-state index contributed by atoms with van der Waals surface area (Å²) in [5.74, 6) is -0.419. The Balaban J connectivity index is 2.28. The lowest BCUT2D eigenvalue weighted by Crippen LogP contribution is -2.46. The molecular formula is C13H24N2O4. The van der Waals surface area contributed by atoms with E-state index in [1.54, 1.807) is 6.92 Å². The maximum Gasteiger partial charge on any atom is 0.315 e. The maximum atomic E-state index is 11.7. The van der Waals surface area contributed by atoms with E-state index in [1.165, 1.54) is 0 Å². The predicted octanol–water partition coefficient (Wildman–Crippen LogP) is 1.35. The number of hydrogen-bond donors (Lipinski definition) is 3. The van der Waals surface area contributed by atoms with Crippen molar-refractivity contribution in [3.63, 3.8) is 0 Å². The van der Waals surface area contributed by atoms with Crippen molar-refractivity contribution >= 4 is 12.0 Å². The SMILES string of the molecule is CCOC(CNC(=O)NC1CCCC1C)CC(=O)O. The molecule has 1 aliphatic carbocycles. The zero-order valence-electron chi connectivity index (χ0n) is 11.6. The average molecular weight is 272 g/mol. The van der Waals surface area contributed by atoms with E-state index in [0.29, 0.717) is 12.5 Å². The van der Waals surface area contributed by atoms with Crippen molar-refractivity contribution in [2.24, 2.45) is 5.92 Å². The molecule has 0 radical (unpaired) electrons. The summed E-state index contributed by atoms with van der Waals surface area (Å²) in [6.45, 7) is 4.58. The van der Waals surface area contributed by atoms with Gasteiger partial charge < -0.3 is 20.5 Å². The highest BCUT2D eigenvalue weighted by atomic mass is 16.5. The van der Waals surface area contributed by atoms with Crippen molar-refractivity contribution in [2.75, 3.05) is 13.2 Å². The van der Waals surface area contributed by atoms with Crippen LogP contribution in [0.25, 0.3) is 0 Å². The van der Waals surface area contributed by atoms with Crippen LogP contribution >= 0.6 is 0 Å². The third-order valence-corrected chi connectivity index (χ3v) is 3.47. The molecule has 1 fully saturated rings. The van der Waals surface area contributed by atoms with Crippen LogP contribution in [0.1, 0.15) is 39.5 Å². The molecule has 3 unspecified atom stereocenters. The summed E-state index contributed by atoms with van der Waals surface area (Å²) in [6, 6.07) is -0.0149. The number of carbonyl (C=O) groups excluding carboxylic acids is 1. The van der Waals surface area contributed by atoms with E-state index in [4.69, 9.17) is 9.84 Å². The van der Waals surface area contributed by atoms with Gasteiger partial charge in [0.05, 0.1) is 12.5 Å². The lowest BCUT2D eigenvalue weighted by Gasteiger charge is -2.20. The molecular weight excluding hydrogens is 248 g/mol. The van der Waals surface area contributed by atoms with Crippen LogP contribution in [0.3, 0.4) is 0 Å². The number of carbonyl (C=O) groups is 2. The van der Waals surface area contributed by atoms with Gasteiger partial charge in [-0.15, -0.1) is 0 Å². The minimum absolute atomic E-state index is 0.103. The summed E-state index contributed by atoms with van der Waals surface area (Å²) in [5.41, 5.74) is 0. The van der Waals surface area contributed by atoms with Gasteiger partial charge in [0.1, 0.15) is 0 Å². The Hall–Kier alpha value is -1.30. The Labute approximate surface area is 113 Å². The zero-order chi connectivity index (χ0) is 14.3. The fourth-order valence-electron chi connectivity index (χ4n) is 2.41. The second-order valence-electron chi connectivity index (χ2n) is 5.04. The molecule has 3 atom stereocenters. The number of ether oxygens (including phenoxy) is 1. The molecule has 2 amide bonds. The first kappa shape index (κ1) is 15.8. The van der Waals surface area contributed by atoms with E-state index in [2.05, 4.69) is 17.6 Å². The summed E-state index contributed by atoms with van der Waals surface area (Å²) in [4.78, 5) is 22.4. The van der Waals surface area contributed by atoms with Gasteiger partial charge in [0.2, 0.25) is 0 Å². The highest BCUT2D eigenvalue weighted by molar-refractivity contribution is 5.74.